The van der Waals surface area contributed by atoms with Gasteiger partial charge >= 0.3 is 0 Å². The largest absolute Gasteiger partial charge is 0.355 e. The van der Waals surface area contributed by atoms with E-state index in [1.807, 2.05) is 0 Å². The number of hydrogen-bond donors (Lipinski definition) is 1. The van der Waals surface area contributed by atoms with Gasteiger partial charge in [0.1, 0.15) is 0 Å². The monoisotopic (exact) mass is 1100 g/mol. The van der Waals surface area contributed by atoms with Crippen LogP contribution in [0.1, 0.15) is 74.9 Å². The van der Waals surface area contributed by atoms with Crippen LogP contribution in [0.3, 0.4) is 0 Å². The van der Waals surface area contributed by atoms with Gasteiger partial charge in [-0.1, -0.05) is 242 Å². The summed E-state index contributed by atoms with van der Waals surface area (Å²) in [6.07, 6.45) is 0. The Kier molecular flexibility index (Phi) is 12.4. The van der Waals surface area contributed by atoms with Crippen LogP contribution in [0.25, 0.3) is 65.3 Å². The minimum atomic E-state index is -1.54. The van der Waals surface area contributed by atoms with E-state index >= 15 is 0 Å². The van der Waals surface area contributed by atoms with Gasteiger partial charge in [0.25, 0.3) is 0 Å². The normalized spacial score (nSPS) is 16.9. The van der Waals surface area contributed by atoms with Crippen LogP contribution in [0.5, 0.6) is 0 Å². The summed E-state index contributed by atoms with van der Waals surface area (Å²) < 4.78 is 0. The first kappa shape index (κ1) is 53.0. The third-order valence-corrected chi connectivity index (χ3v) is 24.3. The maximum Gasteiger partial charge on any atom is 0.0775 e. The number of anilines is 5. The van der Waals surface area contributed by atoms with Crippen molar-refractivity contribution in [1.82, 2.24) is 0 Å². The average Bonchev–Trinajstić information content (AvgIpc) is 1.86. The molecule has 0 fully saturated rings. The molecule has 0 amide bonds. The molecule has 404 valence electrons. The Morgan fingerprint density at radius 2 is 0.827 bits per heavy atom. The number of rotatable bonds is 9. The third kappa shape index (κ3) is 7.67. The SMILES string of the molecule is C[SiH2]c1ccc(N(c2ccc([SiH](C)C)cc2)c2cc3c(c4ccccc24)-c2c(cc(C)c4ccccc24)C3(C(C)(C)C)C2(C(C)(C)C)c3cc(C)c4ccccc4c3-c3c2cc(Nc2ccc([Si](C)(C)C)cc2)c2ccccc32)cc1. The average molecular weight is 1100 g/mol. The molecule has 13 rings (SSSR count). The van der Waals surface area contributed by atoms with Crippen molar-refractivity contribution in [2.24, 2.45) is 10.8 Å². The van der Waals surface area contributed by atoms with Crippen molar-refractivity contribution in [1.29, 1.82) is 0 Å². The fourth-order valence-electron chi connectivity index (χ4n) is 15.8. The second-order valence-electron chi connectivity index (χ2n) is 27.1. The molecule has 11 aromatic rings. The summed E-state index contributed by atoms with van der Waals surface area (Å²) in [6, 6.07) is 76.6. The van der Waals surface area contributed by atoms with Crippen molar-refractivity contribution in [2.75, 3.05) is 10.2 Å². The van der Waals surface area contributed by atoms with E-state index < -0.39 is 38.5 Å². The van der Waals surface area contributed by atoms with E-state index in [1.54, 1.807) is 0 Å². The standard InChI is InChI=1S/C76H78N2Si3/c1-47-43-63-69(59-27-19-15-23-55(47)59)71-61-29-21-17-25-57(61)67(77-49-31-41-54(42-32-49)81(12,13)14)45-65(71)75(63,73(3,4)5)76(74(6,7)8)64-44-48(2)56-24-16-20-28-60(56)70(64)72-62-30-22-18-26-58(62)68(46-66(72)76)78(50-33-37-52(79-9)38-34-50)51-35-39-53(40-36-51)80(10)11/h15-46,77,80H,79H2,1-14H3. The number of hydrogen-bond acceptors (Lipinski definition) is 2. The molecular weight excluding hydrogens is 1030 g/mol. The summed E-state index contributed by atoms with van der Waals surface area (Å²) in [5.74, 6) is 0. The Bertz CT molecular complexity index is 4340. The number of nitrogens with one attached hydrogen (secondary N) is 1. The lowest BCUT2D eigenvalue weighted by Gasteiger charge is -2.62. The highest BCUT2D eigenvalue weighted by Crippen LogP contribution is 2.77. The van der Waals surface area contributed by atoms with Crippen LogP contribution in [0, 0.1) is 24.7 Å². The van der Waals surface area contributed by atoms with Crippen molar-refractivity contribution in [3.8, 4) is 22.3 Å². The number of benzene rings is 11. The summed E-state index contributed by atoms with van der Waals surface area (Å²) in [6.45, 7) is 34.8. The van der Waals surface area contributed by atoms with Crippen LogP contribution >= 0.6 is 0 Å². The zero-order valence-electron chi connectivity index (χ0n) is 50.2. The highest BCUT2D eigenvalue weighted by atomic mass is 28.3. The summed E-state index contributed by atoms with van der Waals surface area (Å²) in [5.41, 5.74) is 17.3. The first-order valence-electron chi connectivity index (χ1n) is 29.8. The molecule has 0 saturated carbocycles. The van der Waals surface area contributed by atoms with E-state index in [2.05, 4.69) is 299 Å². The minimum absolute atomic E-state index is 0.363. The Labute approximate surface area is 486 Å². The van der Waals surface area contributed by atoms with Crippen LogP contribution in [0.15, 0.2) is 194 Å². The van der Waals surface area contributed by atoms with E-state index in [-0.39, 0.29) is 9.52 Å². The first-order chi connectivity index (χ1) is 38.7. The molecule has 2 unspecified atom stereocenters. The van der Waals surface area contributed by atoms with Crippen LogP contribution in [-0.2, 0) is 10.8 Å². The van der Waals surface area contributed by atoms with E-state index in [0.717, 1.165) is 11.4 Å². The molecule has 2 aliphatic rings. The van der Waals surface area contributed by atoms with Crippen LogP contribution in [0.4, 0.5) is 28.4 Å². The van der Waals surface area contributed by atoms with E-state index in [4.69, 9.17) is 0 Å². The van der Waals surface area contributed by atoms with Crippen LogP contribution in [-0.4, -0.2) is 26.4 Å². The fraction of sp³-hybridized carbons (Fsp3) is 0.237. The van der Waals surface area contributed by atoms with E-state index in [9.17, 15) is 0 Å². The Balaban J connectivity index is 1.26. The smallest absolute Gasteiger partial charge is 0.0775 e. The summed E-state index contributed by atoms with van der Waals surface area (Å²) in [5, 5.41) is 18.9. The van der Waals surface area contributed by atoms with Gasteiger partial charge in [-0.15, -0.1) is 0 Å². The van der Waals surface area contributed by atoms with Gasteiger partial charge in [0.2, 0.25) is 0 Å². The lowest BCUT2D eigenvalue weighted by Crippen LogP contribution is -2.62. The zero-order chi connectivity index (χ0) is 56.7. The molecule has 11 aromatic carbocycles. The molecule has 0 aromatic heterocycles. The topological polar surface area (TPSA) is 15.3 Å². The summed E-state index contributed by atoms with van der Waals surface area (Å²) in [4.78, 5) is 2.61. The van der Waals surface area contributed by atoms with E-state index in [1.165, 1.54) is 131 Å². The fourth-order valence-corrected chi connectivity index (χ4v) is 18.6. The molecule has 0 spiro atoms. The minimum Gasteiger partial charge on any atom is -0.355 e. The molecule has 81 heavy (non-hydrogen) atoms. The summed E-state index contributed by atoms with van der Waals surface area (Å²) in [7, 11) is -2.96. The van der Waals surface area contributed by atoms with Gasteiger partial charge in [-0.3, -0.25) is 0 Å². The maximum absolute atomic E-state index is 4.15. The number of fused-ring (bicyclic) bond motifs is 14. The Hall–Kier alpha value is -7.29. The van der Waals surface area contributed by atoms with Crippen molar-refractivity contribution in [2.45, 2.75) is 106 Å². The van der Waals surface area contributed by atoms with Crippen molar-refractivity contribution in [3.05, 3.63) is 228 Å². The number of aryl methyl sites for hydroxylation is 2. The Morgan fingerprint density at radius 3 is 1.26 bits per heavy atom. The van der Waals surface area contributed by atoms with Crippen molar-refractivity contribution >= 4 is 113 Å². The summed E-state index contributed by atoms with van der Waals surface area (Å²) >= 11 is 0. The second-order valence-corrected chi connectivity index (χ2v) is 36.7. The molecule has 5 heteroatoms. The molecule has 0 saturated heterocycles. The van der Waals surface area contributed by atoms with Gasteiger partial charge in [0.15, 0.2) is 0 Å². The molecule has 1 N–H and O–H groups in total. The lowest BCUT2D eigenvalue weighted by molar-refractivity contribution is 0.0595. The second kappa shape index (κ2) is 18.9. The van der Waals surface area contributed by atoms with Crippen molar-refractivity contribution in [3.63, 3.8) is 0 Å². The zero-order valence-corrected chi connectivity index (χ0v) is 53.8. The van der Waals surface area contributed by atoms with Gasteiger partial charge in [-0.25, -0.2) is 0 Å². The highest BCUT2D eigenvalue weighted by Gasteiger charge is 2.71. The molecule has 0 aliphatic heterocycles. The predicted molar refractivity (Wildman–Crippen MR) is 364 cm³/mol. The van der Waals surface area contributed by atoms with Crippen molar-refractivity contribution < 1.29 is 0 Å². The Morgan fingerprint density at radius 1 is 0.444 bits per heavy atom. The van der Waals surface area contributed by atoms with Gasteiger partial charge < -0.3 is 10.2 Å². The molecule has 0 radical (unpaired) electrons. The van der Waals surface area contributed by atoms with Gasteiger partial charge in [0, 0.05) is 44.4 Å². The third-order valence-electron chi connectivity index (χ3n) is 19.2. The number of nitrogens with zero attached hydrogens (tertiary/aromatic N) is 1. The molecule has 2 atom stereocenters. The molecular formula is C76H78N2Si3. The first-order valence-corrected chi connectivity index (χ1v) is 38.3. The molecule has 2 nitrogen and oxygen atoms in total. The highest BCUT2D eigenvalue weighted by molar-refractivity contribution is 6.88. The van der Waals surface area contributed by atoms with Gasteiger partial charge in [-0.2, -0.15) is 0 Å². The van der Waals surface area contributed by atoms with Gasteiger partial charge in [0.05, 0.1) is 32.1 Å². The van der Waals surface area contributed by atoms with Crippen LogP contribution < -0.4 is 25.8 Å². The van der Waals surface area contributed by atoms with E-state index in [0.29, 0.717) is 0 Å². The quantitative estimate of drug-likeness (QED) is 0.145. The molecule has 0 heterocycles. The van der Waals surface area contributed by atoms with Crippen LogP contribution in [0.2, 0.25) is 39.3 Å². The lowest BCUT2D eigenvalue weighted by atomic mass is 9.39. The predicted octanol–water partition coefficient (Wildman–Crippen LogP) is 18.5. The maximum atomic E-state index is 4.15. The molecule has 0 bridgehead atoms. The molecule has 2 aliphatic carbocycles. The van der Waals surface area contributed by atoms with Gasteiger partial charge in [-0.05, 0) is 161 Å².